The van der Waals surface area contributed by atoms with Gasteiger partial charge < -0.3 is 14.8 Å². The minimum Gasteiger partial charge on any atom is -0.493 e. The summed E-state index contributed by atoms with van der Waals surface area (Å²) in [6, 6.07) is 12.1. The summed E-state index contributed by atoms with van der Waals surface area (Å²) in [5.74, 6) is 1.07. The summed E-state index contributed by atoms with van der Waals surface area (Å²) in [5, 5.41) is 2.78. The van der Waals surface area contributed by atoms with Gasteiger partial charge in [-0.1, -0.05) is 23.8 Å². The van der Waals surface area contributed by atoms with Crippen molar-refractivity contribution in [3.05, 3.63) is 53.6 Å². The molecule has 0 unspecified atom stereocenters. The fourth-order valence-corrected chi connectivity index (χ4v) is 3.60. The normalized spacial score (nSPS) is 11.1. The second kappa shape index (κ2) is 10.1. The van der Waals surface area contributed by atoms with Crippen molar-refractivity contribution in [1.29, 1.82) is 0 Å². The highest BCUT2D eigenvalue weighted by atomic mass is 32.2. The van der Waals surface area contributed by atoms with Crippen molar-refractivity contribution in [3.63, 3.8) is 0 Å². The third-order valence-corrected chi connectivity index (χ3v) is 5.64. The van der Waals surface area contributed by atoms with E-state index in [4.69, 9.17) is 9.47 Å². The molecule has 152 valence electrons. The van der Waals surface area contributed by atoms with Crippen LogP contribution in [-0.4, -0.2) is 41.6 Å². The van der Waals surface area contributed by atoms with Gasteiger partial charge in [0.15, 0.2) is 11.5 Å². The first-order chi connectivity index (χ1) is 13.4. The summed E-state index contributed by atoms with van der Waals surface area (Å²) < 4.78 is 37.2. The molecular weight excluding hydrogens is 380 g/mol. The zero-order valence-corrected chi connectivity index (χ0v) is 17.1. The van der Waals surface area contributed by atoms with Crippen molar-refractivity contribution in [2.75, 3.05) is 27.3 Å². The van der Waals surface area contributed by atoms with Gasteiger partial charge in [-0.05, 0) is 43.2 Å². The molecule has 0 bridgehead atoms. The largest absolute Gasteiger partial charge is 0.493 e. The number of hydrogen-bond acceptors (Lipinski definition) is 5. The summed E-state index contributed by atoms with van der Waals surface area (Å²) in [6.45, 7) is 2.37. The van der Waals surface area contributed by atoms with Crippen LogP contribution in [0.4, 0.5) is 0 Å². The van der Waals surface area contributed by atoms with E-state index in [0.717, 1.165) is 11.1 Å². The number of sulfonamides is 1. The molecule has 2 aromatic rings. The van der Waals surface area contributed by atoms with Crippen LogP contribution in [0.2, 0.25) is 0 Å². The van der Waals surface area contributed by atoms with Crippen LogP contribution in [0.15, 0.2) is 47.4 Å². The molecule has 0 aliphatic rings. The maximum Gasteiger partial charge on any atom is 0.240 e. The van der Waals surface area contributed by atoms with E-state index in [9.17, 15) is 13.2 Å². The van der Waals surface area contributed by atoms with Crippen LogP contribution in [-0.2, 0) is 21.2 Å². The molecule has 0 saturated heterocycles. The lowest BCUT2D eigenvalue weighted by atomic mass is 10.1. The maximum absolute atomic E-state index is 12.2. The maximum atomic E-state index is 12.2. The molecule has 0 aromatic heterocycles. The van der Waals surface area contributed by atoms with Crippen LogP contribution in [0.3, 0.4) is 0 Å². The molecule has 2 rings (SSSR count). The van der Waals surface area contributed by atoms with Gasteiger partial charge in [0.05, 0.1) is 19.1 Å². The molecule has 8 heteroatoms. The van der Waals surface area contributed by atoms with Crippen LogP contribution in [0, 0.1) is 6.92 Å². The van der Waals surface area contributed by atoms with Gasteiger partial charge in [-0.15, -0.1) is 0 Å². The van der Waals surface area contributed by atoms with Gasteiger partial charge >= 0.3 is 0 Å². The van der Waals surface area contributed by atoms with Gasteiger partial charge in [-0.3, -0.25) is 4.79 Å². The smallest absolute Gasteiger partial charge is 0.240 e. The number of nitrogens with one attached hydrogen (secondary N) is 2. The van der Waals surface area contributed by atoms with Crippen molar-refractivity contribution >= 4 is 15.9 Å². The Bertz CT molecular complexity index is 895. The summed E-state index contributed by atoms with van der Waals surface area (Å²) in [4.78, 5) is 12.1. The van der Waals surface area contributed by atoms with Crippen molar-refractivity contribution in [2.45, 2.75) is 24.7 Å². The van der Waals surface area contributed by atoms with Crippen LogP contribution in [0.25, 0.3) is 0 Å². The summed E-state index contributed by atoms with van der Waals surface area (Å²) in [7, 11) is -0.462. The van der Waals surface area contributed by atoms with Crippen LogP contribution in [0.5, 0.6) is 11.5 Å². The minimum atomic E-state index is -3.61. The number of ether oxygens (including phenoxy) is 2. The highest BCUT2D eigenvalue weighted by Crippen LogP contribution is 2.27. The zero-order chi connectivity index (χ0) is 20.6. The average molecular weight is 407 g/mol. The number of benzene rings is 2. The molecular formula is C20H26N2O5S. The second-order valence-corrected chi connectivity index (χ2v) is 8.02. The molecule has 0 atom stereocenters. The fourth-order valence-electron chi connectivity index (χ4n) is 2.57. The van der Waals surface area contributed by atoms with Crippen molar-refractivity contribution in [1.82, 2.24) is 10.0 Å². The molecule has 2 N–H and O–H groups in total. The Morgan fingerprint density at radius 3 is 2.29 bits per heavy atom. The van der Waals surface area contributed by atoms with E-state index in [-0.39, 0.29) is 23.8 Å². The van der Waals surface area contributed by atoms with Gasteiger partial charge in [0, 0.05) is 19.5 Å². The van der Waals surface area contributed by atoms with E-state index in [1.165, 1.54) is 0 Å². The Balaban J connectivity index is 1.75. The molecule has 28 heavy (non-hydrogen) atoms. The first-order valence-electron chi connectivity index (χ1n) is 8.89. The van der Waals surface area contributed by atoms with Gasteiger partial charge in [-0.2, -0.15) is 0 Å². The number of aryl methyl sites for hydroxylation is 1. The van der Waals surface area contributed by atoms with Gasteiger partial charge in [0.2, 0.25) is 15.9 Å². The second-order valence-electron chi connectivity index (χ2n) is 6.25. The monoisotopic (exact) mass is 406 g/mol. The fraction of sp³-hybridized carbons (Fsp3) is 0.350. The standard InChI is InChI=1S/C20H26N2O5S/c1-15-4-7-17(8-5-15)28(24,25)22-13-11-20(23)21-12-10-16-6-9-18(26-2)19(14-16)27-3/h4-9,14,22H,10-13H2,1-3H3,(H,21,23). The first-order valence-corrected chi connectivity index (χ1v) is 10.4. The Morgan fingerprint density at radius 2 is 1.64 bits per heavy atom. The molecule has 0 spiro atoms. The lowest BCUT2D eigenvalue weighted by Gasteiger charge is -2.10. The molecule has 0 aliphatic heterocycles. The van der Waals surface area contributed by atoms with Crippen LogP contribution >= 0.6 is 0 Å². The first kappa shape index (κ1) is 21.7. The number of methoxy groups -OCH3 is 2. The average Bonchev–Trinajstić information content (AvgIpc) is 2.68. The molecule has 2 aromatic carbocycles. The lowest BCUT2D eigenvalue weighted by molar-refractivity contribution is -0.120. The molecule has 0 radical (unpaired) electrons. The number of carbonyl (C=O) groups is 1. The molecule has 1 amide bonds. The molecule has 0 heterocycles. The van der Waals surface area contributed by atoms with E-state index in [0.29, 0.717) is 24.5 Å². The lowest BCUT2D eigenvalue weighted by Crippen LogP contribution is -2.31. The van der Waals surface area contributed by atoms with Crippen molar-refractivity contribution < 1.29 is 22.7 Å². The number of rotatable bonds is 10. The SMILES string of the molecule is COc1ccc(CCNC(=O)CCNS(=O)(=O)c2ccc(C)cc2)cc1OC. The van der Waals surface area contributed by atoms with E-state index in [2.05, 4.69) is 10.0 Å². The van der Waals surface area contributed by atoms with Crippen molar-refractivity contribution in [3.8, 4) is 11.5 Å². The topological polar surface area (TPSA) is 93.7 Å². The predicted molar refractivity (Wildman–Crippen MR) is 107 cm³/mol. The van der Waals surface area contributed by atoms with E-state index >= 15 is 0 Å². The number of hydrogen-bond donors (Lipinski definition) is 2. The van der Waals surface area contributed by atoms with Gasteiger partial charge in [-0.25, -0.2) is 13.1 Å². The highest BCUT2D eigenvalue weighted by Gasteiger charge is 2.13. The van der Waals surface area contributed by atoms with Crippen LogP contribution in [0.1, 0.15) is 17.5 Å². The highest BCUT2D eigenvalue weighted by molar-refractivity contribution is 7.89. The van der Waals surface area contributed by atoms with Gasteiger partial charge in [0.25, 0.3) is 0 Å². The number of carbonyl (C=O) groups excluding carboxylic acids is 1. The van der Waals surface area contributed by atoms with E-state index < -0.39 is 10.0 Å². The summed E-state index contributed by atoms with van der Waals surface area (Å²) >= 11 is 0. The Morgan fingerprint density at radius 1 is 0.964 bits per heavy atom. The minimum absolute atomic E-state index is 0.0401. The van der Waals surface area contributed by atoms with Crippen molar-refractivity contribution in [2.24, 2.45) is 0 Å². The third kappa shape index (κ3) is 6.24. The summed E-state index contributed by atoms with van der Waals surface area (Å²) in [5.41, 5.74) is 1.98. The quantitative estimate of drug-likeness (QED) is 0.630. The Kier molecular flexibility index (Phi) is 7.83. The Hall–Kier alpha value is -2.58. The molecule has 0 fully saturated rings. The summed E-state index contributed by atoms with van der Waals surface area (Å²) in [6.07, 6.45) is 0.693. The molecule has 0 saturated carbocycles. The Labute approximate surface area is 166 Å². The number of amides is 1. The predicted octanol–water partition coefficient (Wildman–Crippen LogP) is 2.04. The third-order valence-electron chi connectivity index (χ3n) is 4.16. The van der Waals surface area contributed by atoms with Crippen LogP contribution < -0.4 is 19.5 Å². The van der Waals surface area contributed by atoms with E-state index in [1.54, 1.807) is 38.5 Å². The van der Waals surface area contributed by atoms with E-state index in [1.807, 2.05) is 25.1 Å². The zero-order valence-electron chi connectivity index (χ0n) is 16.3. The van der Waals surface area contributed by atoms with Gasteiger partial charge in [0.1, 0.15) is 0 Å². The molecule has 7 nitrogen and oxygen atoms in total. The molecule has 0 aliphatic carbocycles.